The van der Waals surface area contributed by atoms with Gasteiger partial charge < -0.3 is 4.79 Å². The summed E-state index contributed by atoms with van der Waals surface area (Å²) < 4.78 is 0. The Morgan fingerprint density at radius 1 is 1.39 bits per heavy atom. The summed E-state index contributed by atoms with van der Waals surface area (Å²) in [5.41, 5.74) is 0.690. The molecule has 0 N–H and O–H groups in total. The highest BCUT2D eigenvalue weighted by Gasteiger charge is 2.15. The van der Waals surface area contributed by atoms with Gasteiger partial charge in [0.15, 0.2) is 0 Å². The number of hydrogen-bond acceptors (Lipinski definition) is 3. The normalized spacial score (nSPS) is 12.1. The van der Waals surface area contributed by atoms with Crippen LogP contribution in [0.5, 0.6) is 0 Å². The molecule has 0 fully saturated rings. The molecular formula is C14H17ClN2O. The lowest BCUT2D eigenvalue weighted by molar-refractivity contribution is -0.109. The second-order valence-corrected chi connectivity index (χ2v) is 4.37. The zero-order chi connectivity index (χ0) is 13.4. The van der Waals surface area contributed by atoms with Gasteiger partial charge in [0.25, 0.3) is 0 Å². The molecule has 0 saturated heterocycles. The van der Waals surface area contributed by atoms with Crippen LogP contribution in [0.25, 0.3) is 0 Å². The van der Waals surface area contributed by atoms with Crippen LogP contribution in [-0.2, 0) is 4.79 Å². The van der Waals surface area contributed by atoms with Crippen molar-refractivity contribution >= 4 is 17.9 Å². The minimum atomic E-state index is -0.288. The van der Waals surface area contributed by atoms with Crippen molar-refractivity contribution in [2.24, 2.45) is 0 Å². The third kappa shape index (κ3) is 4.43. The summed E-state index contributed by atoms with van der Waals surface area (Å²) in [6.45, 7) is 9.39. The summed E-state index contributed by atoms with van der Waals surface area (Å²) >= 11 is 5.90. The SMILES string of the molecule is C=CCN(CC=C)CC(C=O)c1cc(Cl)ccn1. The van der Waals surface area contributed by atoms with Crippen molar-refractivity contribution in [3.8, 4) is 0 Å². The molecule has 0 aliphatic rings. The van der Waals surface area contributed by atoms with Gasteiger partial charge in [0.05, 0.1) is 11.6 Å². The summed E-state index contributed by atoms with van der Waals surface area (Å²) in [5.74, 6) is -0.288. The lowest BCUT2D eigenvalue weighted by Crippen LogP contribution is -2.30. The smallest absolute Gasteiger partial charge is 0.130 e. The third-order valence-electron chi connectivity index (χ3n) is 2.52. The van der Waals surface area contributed by atoms with E-state index in [4.69, 9.17) is 11.6 Å². The Bertz CT molecular complexity index is 410. The number of aromatic nitrogens is 1. The maximum Gasteiger partial charge on any atom is 0.130 e. The van der Waals surface area contributed by atoms with Gasteiger partial charge in [0.2, 0.25) is 0 Å². The monoisotopic (exact) mass is 264 g/mol. The fourth-order valence-electron chi connectivity index (χ4n) is 1.70. The molecule has 18 heavy (non-hydrogen) atoms. The molecular weight excluding hydrogens is 248 g/mol. The number of nitrogens with zero attached hydrogens (tertiary/aromatic N) is 2. The van der Waals surface area contributed by atoms with Crippen molar-refractivity contribution in [2.75, 3.05) is 19.6 Å². The van der Waals surface area contributed by atoms with Crippen LogP contribution < -0.4 is 0 Å². The molecule has 1 rings (SSSR count). The minimum absolute atomic E-state index is 0.288. The molecule has 4 heteroatoms. The Hall–Kier alpha value is -1.45. The zero-order valence-corrected chi connectivity index (χ0v) is 11.0. The lowest BCUT2D eigenvalue weighted by Gasteiger charge is -2.22. The van der Waals surface area contributed by atoms with Gasteiger partial charge >= 0.3 is 0 Å². The Kier molecular flexibility index (Phi) is 6.33. The molecule has 0 amide bonds. The van der Waals surface area contributed by atoms with E-state index in [1.807, 2.05) is 0 Å². The van der Waals surface area contributed by atoms with Crippen molar-refractivity contribution in [1.82, 2.24) is 9.88 Å². The molecule has 0 aromatic carbocycles. The number of hydrogen-bond donors (Lipinski definition) is 0. The molecule has 0 bridgehead atoms. The van der Waals surface area contributed by atoms with Crippen molar-refractivity contribution in [3.05, 3.63) is 54.4 Å². The van der Waals surface area contributed by atoms with E-state index in [1.165, 1.54) is 0 Å². The fraction of sp³-hybridized carbons (Fsp3) is 0.286. The minimum Gasteiger partial charge on any atom is -0.303 e. The van der Waals surface area contributed by atoms with Gasteiger partial charge in [0.1, 0.15) is 6.29 Å². The standard InChI is InChI=1S/C14H17ClN2O/c1-3-7-17(8-4-2)10-12(11-18)14-9-13(15)5-6-16-14/h3-6,9,11-12H,1-2,7-8,10H2. The number of carbonyl (C=O) groups is 1. The molecule has 96 valence electrons. The summed E-state index contributed by atoms with van der Waals surface area (Å²) in [6, 6.07) is 3.42. The van der Waals surface area contributed by atoms with Crippen LogP contribution in [0, 0.1) is 0 Å². The molecule has 0 spiro atoms. The average molecular weight is 265 g/mol. The van der Waals surface area contributed by atoms with Gasteiger partial charge in [-0.15, -0.1) is 13.2 Å². The molecule has 3 nitrogen and oxygen atoms in total. The van der Waals surface area contributed by atoms with Gasteiger partial charge in [-0.25, -0.2) is 0 Å². The highest BCUT2D eigenvalue weighted by atomic mass is 35.5. The zero-order valence-electron chi connectivity index (χ0n) is 10.3. The van der Waals surface area contributed by atoms with Gasteiger partial charge in [-0.05, 0) is 12.1 Å². The van der Waals surface area contributed by atoms with Crippen LogP contribution in [0.15, 0.2) is 43.6 Å². The molecule has 1 unspecified atom stereocenters. The molecule has 1 atom stereocenters. The molecule has 1 aromatic rings. The highest BCUT2D eigenvalue weighted by molar-refractivity contribution is 6.30. The summed E-state index contributed by atoms with van der Waals surface area (Å²) in [5, 5.41) is 0.589. The number of halogens is 1. The Morgan fingerprint density at radius 3 is 2.56 bits per heavy atom. The van der Waals surface area contributed by atoms with E-state index in [9.17, 15) is 4.79 Å². The topological polar surface area (TPSA) is 33.2 Å². The van der Waals surface area contributed by atoms with E-state index >= 15 is 0 Å². The second-order valence-electron chi connectivity index (χ2n) is 3.94. The van der Waals surface area contributed by atoms with Crippen molar-refractivity contribution in [2.45, 2.75) is 5.92 Å². The Balaban J connectivity index is 2.79. The van der Waals surface area contributed by atoms with Crippen LogP contribution in [0.2, 0.25) is 5.02 Å². The Labute approximate surface area is 113 Å². The van der Waals surface area contributed by atoms with Crippen LogP contribution in [0.3, 0.4) is 0 Å². The van der Waals surface area contributed by atoms with E-state index in [2.05, 4.69) is 23.0 Å². The first kappa shape index (κ1) is 14.6. The van der Waals surface area contributed by atoms with Crippen LogP contribution in [0.1, 0.15) is 11.6 Å². The quantitative estimate of drug-likeness (QED) is 0.535. The maximum absolute atomic E-state index is 11.2. The van der Waals surface area contributed by atoms with Crippen molar-refractivity contribution in [1.29, 1.82) is 0 Å². The van der Waals surface area contributed by atoms with Crippen molar-refractivity contribution in [3.63, 3.8) is 0 Å². The second kappa shape index (κ2) is 7.80. The van der Waals surface area contributed by atoms with Crippen LogP contribution in [-0.4, -0.2) is 35.8 Å². The molecule has 1 heterocycles. The van der Waals surface area contributed by atoms with Crippen LogP contribution in [0.4, 0.5) is 0 Å². The summed E-state index contributed by atoms with van der Waals surface area (Å²) in [4.78, 5) is 17.5. The van der Waals surface area contributed by atoms with Crippen molar-refractivity contribution < 1.29 is 4.79 Å². The molecule has 0 saturated carbocycles. The average Bonchev–Trinajstić information content (AvgIpc) is 2.36. The first-order chi connectivity index (χ1) is 8.71. The number of pyridine rings is 1. The van der Waals surface area contributed by atoms with E-state index in [0.717, 1.165) is 6.29 Å². The van der Waals surface area contributed by atoms with E-state index in [0.29, 0.717) is 30.4 Å². The molecule has 0 aliphatic heterocycles. The van der Waals surface area contributed by atoms with E-state index in [-0.39, 0.29) is 5.92 Å². The van der Waals surface area contributed by atoms with E-state index in [1.54, 1.807) is 30.5 Å². The summed E-state index contributed by atoms with van der Waals surface area (Å²) in [6.07, 6.45) is 6.12. The number of carbonyl (C=O) groups excluding carboxylic acids is 1. The van der Waals surface area contributed by atoms with Gasteiger partial charge in [-0.3, -0.25) is 9.88 Å². The third-order valence-corrected chi connectivity index (χ3v) is 2.75. The van der Waals surface area contributed by atoms with Gasteiger partial charge in [-0.1, -0.05) is 23.8 Å². The highest BCUT2D eigenvalue weighted by Crippen LogP contribution is 2.16. The number of rotatable bonds is 8. The first-order valence-electron chi connectivity index (χ1n) is 5.72. The maximum atomic E-state index is 11.2. The first-order valence-corrected chi connectivity index (χ1v) is 6.10. The molecule has 1 aromatic heterocycles. The van der Waals surface area contributed by atoms with E-state index < -0.39 is 0 Å². The predicted molar refractivity (Wildman–Crippen MR) is 74.9 cm³/mol. The predicted octanol–water partition coefficient (Wildman–Crippen LogP) is 2.69. The molecule has 0 aliphatic carbocycles. The number of aldehydes is 1. The summed E-state index contributed by atoms with van der Waals surface area (Å²) in [7, 11) is 0. The Morgan fingerprint density at radius 2 is 2.06 bits per heavy atom. The lowest BCUT2D eigenvalue weighted by atomic mass is 10.1. The van der Waals surface area contributed by atoms with Gasteiger partial charge in [0, 0.05) is 30.9 Å². The van der Waals surface area contributed by atoms with Gasteiger partial charge in [-0.2, -0.15) is 0 Å². The largest absolute Gasteiger partial charge is 0.303 e. The fourth-order valence-corrected chi connectivity index (χ4v) is 1.87. The van der Waals surface area contributed by atoms with Crippen LogP contribution >= 0.6 is 11.6 Å². The molecule has 0 radical (unpaired) electrons.